The molecule has 4 aromatic carbocycles. The van der Waals surface area contributed by atoms with Gasteiger partial charge in [0.15, 0.2) is 11.0 Å². The molecule has 8 nitrogen and oxygen atoms in total. The van der Waals surface area contributed by atoms with Gasteiger partial charge < -0.3 is 10.6 Å². The smallest absolute Gasteiger partial charge is 0.234 e. The molecular weight excluding hydrogens is 602 g/mol. The first-order valence-electron chi connectivity index (χ1n) is 13.5. The van der Waals surface area contributed by atoms with Crippen LogP contribution in [0.4, 0.5) is 11.4 Å². The Balaban J connectivity index is 1.40. The fourth-order valence-corrected chi connectivity index (χ4v) is 7.21. The molecule has 0 aliphatic heterocycles. The van der Waals surface area contributed by atoms with Crippen molar-refractivity contribution < 1.29 is 13.2 Å². The molecule has 2 N–H and O–H groups in total. The van der Waals surface area contributed by atoms with Gasteiger partial charge in [-0.3, -0.25) is 9.36 Å². The molecule has 0 atom stereocenters. The summed E-state index contributed by atoms with van der Waals surface area (Å²) < 4.78 is 29.1. The number of anilines is 2. The highest BCUT2D eigenvalue weighted by Crippen LogP contribution is 2.34. The van der Waals surface area contributed by atoms with E-state index in [1.165, 1.54) is 11.8 Å². The first-order chi connectivity index (χ1) is 20.6. The monoisotopic (exact) mass is 631 g/mol. The Morgan fingerprint density at radius 2 is 1.56 bits per heavy atom. The number of hydrogen-bond donors (Lipinski definition) is 2. The lowest BCUT2D eigenvalue weighted by atomic mass is 10.1. The number of nitrogens with zero attached hydrogens (tertiary/aromatic N) is 3. The molecule has 0 bridgehead atoms. The van der Waals surface area contributed by atoms with Crippen LogP contribution in [0.2, 0.25) is 5.02 Å². The van der Waals surface area contributed by atoms with Crippen molar-refractivity contribution in [1.82, 2.24) is 14.8 Å². The molecular formula is C32H30ClN5O3S2. The Kier molecular flexibility index (Phi) is 9.19. The average Bonchev–Trinajstić information content (AvgIpc) is 3.40. The first kappa shape index (κ1) is 30.3. The van der Waals surface area contributed by atoms with Gasteiger partial charge in [0.25, 0.3) is 0 Å². The van der Waals surface area contributed by atoms with Crippen LogP contribution in [-0.2, 0) is 21.2 Å². The summed E-state index contributed by atoms with van der Waals surface area (Å²) in [6, 6.07) is 26.9. The van der Waals surface area contributed by atoms with Crippen LogP contribution >= 0.6 is 23.4 Å². The zero-order chi connectivity index (χ0) is 30.6. The Hall–Kier alpha value is -4.12. The van der Waals surface area contributed by atoms with E-state index in [-0.39, 0.29) is 33.0 Å². The van der Waals surface area contributed by atoms with Crippen molar-refractivity contribution >= 4 is 50.5 Å². The third-order valence-corrected chi connectivity index (χ3v) is 10.2. The SMILES string of the molecule is Cc1ccc(S(=O)(=O)c2c(Cl)cccc2NCc2nnc(SCC(=O)Nc3cccc(C)c3C)n2-c2ccccc2)cc1. The second kappa shape index (κ2) is 13.0. The predicted octanol–water partition coefficient (Wildman–Crippen LogP) is 7.02. The first-order valence-corrected chi connectivity index (χ1v) is 16.3. The molecule has 0 aliphatic rings. The summed E-state index contributed by atoms with van der Waals surface area (Å²) in [4.78, 5) is 13.0. The van der Waals surface area contributed by atoms with Gasteiger partial charge in [0.2, 0.25) is 15.7 Å². The Bertz CT molecular complexity index is 1880. The normalized spacial score (nSPS) is 11.3. The second-order valence-corrected chi connectivity index (χ2v) is 13.2. The summed E-state index contributed by atoms with van der Waals surface area (Å²) in [6.07, 6.45) is 0. The molecule has 1 heterocycles. The largest absolute Gasteiger partial charge is 0.377 e. The van der Waals surface area contributed by atoms with Gasteiger partial charge in [0, 0.05) is 11.4 Å². The van der Waals surface area contributed by atoms with Crippen LogP contribution < -0.4 is 10.6 Å². The van der Waals surface area contributed by atoms with Crippen molar-refractivity contribution in [2.24, 2.45) is 0 Å². The summed E-state index contributed by atoms with van der Waals surface area (Å²) in [5.41, 5.74) is 5.00. The lowest BCUT2D eigenvalue weighted by Gasteiger charge is -2.15. The third kappa shape index (κ3) is 6.77. The van der Waals surface area contributed by atoms with Gasteiger partial charge in [-0.05, 0) is 74.4 Å². The van der Waals surface area contributed by atoms with Crippen LogP contribution in [0.5, 0.6) is 0 Å². The number of carbonyl (C=O) groups excluding carboxylic acids is 1. The number of halogens is 1. The summed E-state index contributed by atoms with van der Waals surface area (Å²) in [6.45, 7) is 6.02. The van der Waals surface area contributed by atoms with E-state index < -0.39 is 9.84 Å². The molecule has 0 radical (unpaired) electrons. The minimum Gasteiger partial charge on any atom is -0.377 e. The number of para-hydroxylation sites is 1. The molecule has 0 aliphatic carbocycles. The molecule has 220 valence electrons. The number of aryl methyl sites for hydroxylation is 2. The van der Waals surface area contributed by atoms with Crippen LogP contribution in [0.15, 0.2) is 106 Å². The molecule has 11 heteroatoms. The van der Waals surface area contributed by atoms with Crippen LogP contribution in [0, 0.1) is 20.8 Å². The number of hydrogen-bond acceptors (Lipinski definition) is 7. The lowest BCUT2D eigenvalue weighted by Crippen LogP contribution is -2.16. The quantitative estimate of drug-likeness (QED) is 0.160. The van der Waals surface area contributed by atoms with Crippen LogP contribution in [0.1, 0.15) is 22.5 Å². The molecule has 0 spiro atoms. The Morgan fingerprint density at radius 1 is 0.860 bits per heavy atom. The summed E-state index contributed by atoms with van der Waals surface area (Å²) in [5, 5.41) is 15.6. The zero-order valence-corrected chi connectivity index (χ0v) is 26.2. The maximum atomic E-state index is 13.6. The predicted molar refractivity (Wildman–Crippen MR) is 172 cm³/mol. The molecule has 0 saturated heterocycles. The van der Waals surface area contributed by atoms with Crippen molar-refractivity contribution in [3.8, 4) is 5.69 Å². The fourth-order valence-electron chi connectivity index (χ4n) is 4.48. The summed E-state index contributed by atoms with van der Waals surface area (Å²) in [7, 11) is -3.91. The maximum Gasteiger partial charge on any atom is 0.234 e. The second-order valence-electron chi connectivity index (χ2n) is 9.94. The van der Waals surface area contributed by atoms with E-state index in [1.54, 1.807) is 42.5 Å². The number of rotatable bonds is 10. The Labute approximate surface area is 260 Å². The number of thioether (sulfide) groups is 1. The minimum atomic E-state index is -3.91. The van der Waals surface area contributed by atoms with E-state index in [1.807, 2.05) is 73.9 Å². The molecule has 0 saturated carbocycles. The summed E-state index contributed by atoms with van der Waals surface area (Å²) >= 11 is 7.72. The van der Waals surface area contributed by atoms with E-state index in [0.29, 0.717) is 16.7 Å². The molecule has 5 aromatic rings. The number of amides is 1. The number of benzene rings is 4. The molecule has 1 amide bonds. The van der Waals surface area contributed by atoms with E-state index in [2.05, 4.69) is 20.8 Å². The van der Waals surface area contributed by atoms with Crippen molar-refractivity contribution in [1.29, 1.82) is 0 Å². The maximum absolute atomic E-state index is 13.6. The van der Waals surface area contributed by atoms with Crippen molar-refractivity contribution in [3.05, 3.63) is 119 Å². The highest BCUT2D eigenvalue weighted by molar-refractivity contribution is 7.99. The van der Waals surface area contributed by atoms with Gasteiger partial charge in [-0.2, -0.15) is 0 Å². The zero-order valence-electron chi connectivity index (χ0n) is 23.8. The Morgan fingerprint density at radius 3 is 2.30 bits per heavy atom. The lowest BCUT2D eigenvalue weighted by molar-refractivity contribution is -0.113. The van der Waals surface area contributed by atoms with Gasteiger partial charge in [0.05, 0.1) is 27.9 Å². The molecule has 0 unspecified atom stereocenters. The molecule has 1 aromatic heterocycles. The van der Waals surface area contributed by atoms with Gasteiger partial charge in [-0.25, -0.2) is 8.42 Å². The van der Waals surface area contributed by atoms with Crippen LogP contribution in [0.25, 0.3) is 5.69 Å². The van der Waals surface area contributed by atoms with E-state index in [9.17, 15) is 13.2 Å². The van der Waals surface area contributed by atoms with E-state index >= 15 is 0 Å². The average molecular weight is 632 g/mol. The van der Waals surface area contributed by atoms with Gasteiger partial charge in [-0.1, -0.05) is 77.5 Å². The highest BCUT2D eigenvalue weighted by atomic mass is 35.5. The number of nitrogens with one attached hydrogen (secondary N) is 2. The molecule has 0 fully saturated rings. The molecule has 43 heavy (non-hydrogen) atoms. The number of carbonyl (C=O) groups is 1. The highest BCUT2D eigenvalue weighted by Gasteiger charge is 2.25. The number of aromatic nitrogens is 3. The van der Waals surface area contributed by atoms with Gasteiger partial charge in [0.1, 0.15) is 4.90 Å². The number of sulfone groups is 1. The standard InChI is InChI=1S/C32H30ClN5O3S2/c1-21-15-17-25(18-16-21)43(40,41)31-26(33)12-8-14-28(31)34-19-29-36-37-32(38(29)24-10-5-4-6-11-24)42-20-30(39)35-27-13-7-9-22(2)23(27)3/h4-18,34H,19-20H2,1-3H3,(H,35,39). The van der Waals surface area contributed by atoms with Gasteiger partial charge >= 0.3 is 0 Å². The third-order valence-electron chi connectivity index (χ3n) is 6.93. The van der Waals surface area contributed by atoms with Crippen molar-refractivity contribution in [2.75, 3.05) is 16.4 Å². The van der Waals surface area contributed by atoms with Crippen LogP contribution in [-0.4, -0.2) is 34.8 Å². The van der Waals surface area contributed by atoms with E-state index in [4.69, 9.17) is 11.6 Å². The van der Waals surface area contributed by atoms with Gasteiger partial charge in [-0.15, -0.1) is 10.2 Å². The molecule has 5 rings (SSSR count). The van der Waals surface area contributed by atoms with Crippen molar-refractivity contribution in [3.63, 3.8) is 0 Å². The fraction of sp³-hybridized carbons (Fsp3) is 0.156. The van der Waals surface area contributed by atoms with E-state index in [0.717, 1.165) is 28.1 Å². The summed E-state index contributed by atoms with van der Waals surface area (Å²) in [5.74, 6) is 0.493. The minimum absolute atomic E-state index is 0.0102. The topological polar surface area (TPSA) is 106 Å². The van der Waals surface area contributed by atoms with Crippen LogP contribution in [0.3, 0.4) is 0 Å². The van der Waals surface area contributed by atoms with Crippen molar-refractivity contribution in [2.45, 2.75) is 42.3 Å².